The van der Waals surface area contributed by atoms with Gasteiger partial charge in [-0.05, 0) is 44.2 Å². The van der Waals surface area contributed by atoms with E-state index in [4.69, 9.17) is 0 Å². The van der Waals surface area contributed by atoms with Gasteiger partial charge in [0.2, 0.25) is 0 Å². The third-order valence-corrected chi connectivity index (χ3v) is 4.55. The van der Waals surface area contributed by atoms with Crippen molar-refractivity contribution in [2.24, 2.45) is 0 Å². The van der Waals surface area contributed by atoms with E-state index in [0.29, 0.717) is 6.42 Å². The zero-order valence-electron chi connectivity index (χ0n) is 12.8. The summed E-state index contributed by atoms with van der Waals surface area (Å²) < 4.78 is 31.9. The lowest BCUT2D eigenvalue weighted by Gasteiger charge is -2.08. The van der Waals surface area contributed by atoms with Crippen LogP contribution in [0.3, 0.4) is 0 Å². The minimum atomic E-state index is -4.12. The molecule has 0 aliphatic carbocycles. The van der Waals surface area contributed by atoms with E-state index in [1.807, 2.05) is 19.1 Å². The molecule has 0 bridgehead atoms. The molecule has 0 aliphatic rings. The Hall–Kier alpha value is -1.13. The average molecular weight is 310 g/mol. The lowest BCUT2D eigenvalue weighted by atomic mass is 10.0. The maximum Gasteiger partial charge on any atom is 0.294 e. The second kappa shape index (κ2) is 9.00. The van der Waals surface area contributed by atoms with Crippen molar-refractivity contribution in [2.75, 3.05) is 0 Å². The van der Waals surface area contributed by atoms with E-state index in [9.17, 15) is 13.0 Å². The summed E-state index contributed by atoms with van der Waals surface area (Å²) >= 11 is 0. The highest BCUT2D eigenvalue weighted by Crippen LogP contribution is 2.20. The second-order valence-electron chi connectivity index (χ2n) is 5.53. The van der Waals surface area contributed by atoms with Gasteiger partial charge in [0, 0.05) is 0 Å². The smallest absolute Gasteiger partial charge is 0.282 e. The normalized spacial score (nSPS) is 11.5. The van der Waals surface area contributed by atoms with Crippen LogP contribution in [0.25, 0.3) is 0 Å². The zero-order valence-corrected chi connectivity index (χ0v) is 13.7. The van der Waals surface area contributed by atoms with Gasteiger partial charge in [-0.25, -0.2) is 0 Å². The van der Waals surface area contributed by atoms with Crippen molar-refractivity contribution >= 4 is 10.1 Å². The number of unbranched alkanes of at least 4 members (excludes halogenated alkanes) is 6. The molecule has 0 fully saturated rings. The fraction of sp³-hybridized carbons (Fsp3) is 0.529. The molecular formula is C17H26O3S. The molecule has 1 aromatic rings. The van der Waals surface area contributed by atoms with Gasteiger partial charge in [-0.1, -0.05) is 49.5 Å². The molecule has 4 heteroatoms. The van der Waals surface area contributed by atoms with Gasteiger partial charge in [0.05, 0.1) is 4.90 Å². The van der Waals surface area contributed by atoms with Crippen LogP contribution in [-0.4, -0.2) is 13.0 Å². The number of hydrogen-bond acceptors (Lipinski definition) is 2. The molecular weight excluding hydrogens is 284 g/mol. The van der Waals surface area contributed by atoms with E-state index >= 15 is 0 Å². The van der Waals surface area contributed by atoms with E-state index in [-0.39, 0.29) is 4.90 Å². The lowest BCUT2D eigenvalue weighted by Crippen LogP contribution is -2.03. The molecule has 0 saturated heterocycles. The van der Waals surface area contributed by atoms with Crippen molar-refractivity contribution in [3.63, 3.8) is 0 Å². The van der Waals surface area contributed by atoms with E-state index in [0.717, 1.165) is 30.4 Å². The summed E-state index contributed by atoms with van der Waals surface area (Å²) in [6.45, 7) is 5.63. The highest BCUT2D eigenvalue weighted by atomic mass is 32.2. The minimum absolute atomic E-state index is 0.0547. The molecule has 21 heavy (non-hydrogen) atoms. The standard InChI is InChI=1S/C17H26O3S/c1-3-4-5-6-7-8-9-10-11-16-14-15(2)12-13-17(16)21(18,19)20/h3,12-14H,1,4-11H2,2H3,(H,18,19,20). The number of benzene rings is 1. The van der Waals surface area contributed by atoms with Crippen LogP contribution in [-0.2, 0) is 16.5 Å². The second-order valence-corrected chi connectivity index (χ2v) is 6.92. The minimum Gasteiger partial charge on any atom is -0.282 e. The first kappa shape index (κ1) is 17.9. The molecule has 0 heterocycles. The molecule has 0 radical (unpaired) electrons. The molecule has 0 amide bonds. The van der Waals surface area contributed by atoms with E-state index in [1.54, 1.807) is 6.07 Å². The van der Waals surface area contributed by atoms with Crippen LogP contribution < -0.4 is 0 Å². The molecule has 1 aromatic carbocycles. The SMILES string of the molecule is C=CCCCCCCCCc1cc(C)ccc1S(=O)(=O)O. The molecule has 0 atom stereocenters. The van der Waals surface area contributed by atoms with Crippen LogP contribution in [0.2, 0.25) is 0 Å². The topological polar surface area (TPSA) is 54.4 Å². The maximum absolute atomic E-state index is 11.3. The Morgan fingerprint density at radius 3 is 2.33 bits per heavy atom. The molecule has 0 aliphatic heterocycles. The molecule has 118 valence electrons. The van der Waals surface area contributed by atoms with Gasteiger partial charge in [-0.3, -0.25) is 4.55 Å². The van der Waals surface area contributed by atoms with Gasteiger partial charge in [0.15, 0.2) is 0 Å². The Labute approximate surface area is 128 Å². The van der Waals surface area contributed by atoms with Crippen LogP contribution in [0.4, 0.5) is 0 Å². The highest BCUT2D eigenvalue weighted by Gasteiger charge is 2.14. The molecule has 0 aromatic heterocycles. The van der Waals surface area contributed by atoms with Gasteiger partial charge in [-0.15, -0.1) is 6.58 Å². The summed E-state index contributed by atoms with van der Waals surface area (Å²) in [5.41, 5.74) is 1.74. The monoisotopic (exact) mass is 310 g/mol. The Bertz CT molecular complexity index is 547. The first-order chi connectivity index (χ1) is 9.95. The largest absolute Gasteiger partial charge is 0.294 e. The maximum atomic E-state index is 11.3. The van der Waals surface area contributed by atoms with Crippen molar-refractivity contribution in [1.29, 1.82) is 0 Å². The predicted molar refractivity (Wildman–Crippen MR) is 87.2 cm³/mol. The summed E-state index contributed by atoms with van der Waals surface area (Å²) in [7, 11) is -4.12. The zero-order chi connectivity index (χ0) is 15.7. The summed E-state index contributed by atoms with van der Waals surface area (Å²) in [5, 5.41) is 0. The first-order valence-electron chi connectivity index (χ1n) is 7.63. The van der Waals surface area contributed by atoms with Crippen LogP contribution in [0.15, 0.2) is 35.7 Å². The van der Waals surface area contributed by atoms with Crippen LogP contribution in [0.5, 0.6) is 0 Å². The molecule has 3 nitrogen and oxygen atoms in total. The first-order valence-corrected chi connectivity index (χ1v) is 9.07. The van der Waals surface area contributed by atoms with Gasteiger partial charge in [-0.2, -0.15) is 8.42 Å². The molecule has 0 spiro atoms. The molecule has 1 N–H and O–H groups in total. The van der Waals surface area contributed by atoms with Gasteiger partial charge in [0.25, 0.3) is 10.1 Å². The average Bonchev–Trinajstić information content (AvgIpc) is 2.40. The Balaban J connectivity index is 2.41. The number of hydrogen-bond donors (Lipinski definition) is 1. The molecule has 1 rings (SSSR count). The van der Waals surface area contributed by atoms with Crippen molar-refractivity contribution in [1.82, 2.24) is 0 Å². The third kappa shape index (κ3) is 6.91. The van der Waals surface area contributed by atoms with Crippen molar-refractivity contribution < 1.29 is 13.0 Å². The Kier molecular flexibility index (Phi) is 7.68. The van der Waals surface area contributed by atoms with Crippen molar-refractivity contribution in [2.45, 2.75) is 63.2 Å². The Morgan fingerprint density at radius 2 is 1.71 bits per heavy atom. The van der Waals surface area contributed by atoms with Gasteiger partial charge in [0.1, 0.15) is 0 Å². The van der Waals surface area contributed by atoms with E-state index in [2.05, 4.69) is 6.58 Å². The summed E-state index contributed by atoms with van der Waals surface area (Å²) in [5.74, 6) is 0. The Morgan fingerprint density at radius 1 is 1.10 bits per heavy atom. The van der Waals surface area contributed by atoms with Crippen LogP contribution >= 0.6 is 0 Å². The fourth-order valence-electron chi connectivity index (χ4n) is 2.47. The third-order valence-electron chi connectivity index (χ3n) is 3.60. The van der Waals surface area contributed by atoms with Gasteiger partial charge >= 0.3 is 0 Å². The summed E-state index contributed by atoms with van der Waals surface area (Å²) in [6.07, 6.45) is 10.6. The van der Waals surface area contributed by atoms with Gasteiger partial charge < -0.3 is 0 Å². The number of rotatable bonds is 10. The lowest BCUT2D eigenvalue weighted by molar-refractivity contribution is 0.481. The quantitative estimate of drug-likeness (QED) is 0.387. The number of allylic oxidation sites excluding steroid dienone is 1. The van der Waals surface area contributed by atoms with Crippen molar-refractivity contribution in [3.05, 3.63) is 42.0 Å². The van der Waals surface area contributed by atoms with Crippen molar-refractivity contribution in [3.8, 4) is 0 Å². The summed E-state index contributed by atoms with van der Waals surface area (Å²) in [6, 6.07) is 5.06. The molecule has 0 saturated carbocycles. The van der Waals surface area contributed by atoms with E-state index < -0.39 is 10.1 Å². The summed E-state index contributed by atoms with van der Waals surface area (Å²) in [4.78, 5) is 0.0547. The molecule has 0 unspecified atom stereocenters. The van der Waals surface area contributed by atoms with Crippen LogP contribution in [0.1, 0.15) is 56.1 Å². The fourth-order valence-corrected chi connectivity index (χ4v) is 3.20. The highest BCUT2D eigenvalue weighted by molar-refractivity contribution is 7.85. The van der Waals surface area contributed by atoms with Crippen LogP contribution in [0, 0.1) is 6.92 Å². The predicted octanol–water partition coefficient (Wildman–Crippen LogP) is 4.70. The van der Waals surface area contributed by atoms with E-state index in [1.165, 1.54) is 31.7 Å². The number of aryl methyl sites for hydroxylation is 2.